The van der Waals surface area contributed by atoms with Crippen molar-refractivity contribution in [2.45, 2.75) is 0 Å². The molecule has 96 valence electrons. The molecule has 1 aromatic carbocycles. The lowest BCUT2D eigenvalue weighted by atomic mass is 10.2. The summed E-state index contributed by atoms with van der Waals surface area (Å²) in [5.41, 5.74) is 1.51. The van der Waals surface area contributed by atoms with Crippen LogP contribution in [0.4, 0.5) is 5.82 Å². The second-order valence-corrected chi connectivity index (χ2v) is 3.78. The van der Waals surface area contributed by atoms with Crippen molar-refractivity contribution in [2.75, 3.05) is 7.11 Å². The van der Waals surface area contributed by atoms with Gasteiger partial charge in [0.15, 0.2) is 5.69 Å². The number of nitro groups is 1. The maximum atomic E-state index is 10.6. The summed E-state index contributed by atoms with van der Waals surface area (Å²) < 4.78 is 5.06. The predicted octanol–water partition coefficient (Wildman–Crippen LogP) is 3.17. The number of rotatable bonds is 4. The molecule has 0 aliphatic rings. The van der Waals surface area contributed by atoms with Crippen LogP contribution in [0.3, 0.4) is 0 Å². The van der Waals surface area contributed by atoms with Gasteiger partial charge in [0, 0.05) is 6.07 Å². The van der Waals surface area contributed by atoms with E-state index >= 15 is 0 Å². The van der Waals surface area contributed by atoms with Gasteiger partial charge in [0.2, 0.25) is 0 Å². The van der Waals surface area contributed by atoms with Gasteiger partial charge in [-0.2, -0.15) is 0 Å². The first-order valence-electron chi connectivity index (χ1n) is 5.62. The Balaban J connectivity index is 2.17. The van der Waals surface area contributed by atoms with E-state index in [-0.39, 0.29) is 5.82 Å². The lowest BCUT2D eigenvalue weighted by molar-refractivity contribution is -0.389. The highest BCUT2D eigenvalue weighted by Crippen LogP contribution is 2.14. The van der Waals surface area contributed by atoms with Gasteiger partial charge in [-0.25, -0.2) is 0 Å². The third kappa shape index (κ3) is 3.38. The average molecular weight is 256 g/mol. The molecule has 0 saturated heterocycles. The van der Waals surface area contributed by atoms with Gasteiger partial charge in [-0.05, 0) is 45.8 Å². The van der Waals surface area contributed by atoms with Gasteiger partial charge in [0.05, 0.1) is 7.11 Å². The molecule has 19 heavy (non-hydrogen) atoms. The molecule has 0 amide bonds. The zero-order valence-electron chi connectivity index (χ0n) is 10.3. The molecule has 0 aliphatic carbocycles. The third-order valence-corrected chi connectivity index (χ3v) is 2.51. The fraction of sp³-hybridized carbons (Fsp3) is 0.0714. The molecule has 0 atom stereocenters. The van der Waals surface area contributed by atoms with Crippen LogP contribution in [-0.2, 0) is 0 Å². The van der Waals surface area contributed by atoms with E-state index in [2.05, 4.69) is 4.98 Å². The molecule has 0 aliphatic heterocycles. The zero-order valence-corrected chi connectivity index (χ0v) is 10.3. The molecule has 5 nitrogen and oxygen atoms in total. The van der Waals surface area contributed by atoms with E-state index in [0.29, 0.717) is 5.69 Å². The van der Waals surface area contributed by atoms with Gasteiger partial charge in [-0.15, -0.1) is 0 Å². The Morgan fingerprint density at radius 3 is 2.53 bits per heavy atom. The van der Waals surface area contributed by atoms with E-state index < -0.39 is 4.92 Å². The number of nitrogens with zero attached hydrogens (tertiary/aromatic N) is 2. The lowest BCUT2D eigenvalue weighted by Gasteiger charge is -1.98. The Morgan fingerprint density at radius 1 is 1.16 bits per heavy atom. The summed E-state index contributed by atoms with van der Waals surface area (Å²) in [4.78, 5) is 14.0. The number of ether oxygens (including phenoxy) is 1. The van der Waals surface area contributed by atoms with Crippen LogP contribution in [-0.4, -0.2) is 17.0 Å². The van der Waals surface area contributed by atoms with Crippen LogP contribution in [0.15, 0.2) is 42.5 Å². The van der Waals surface area contributed by atoms with Crippen molar-refractivity contribution in [3.05, 3.63) is 63.8 Å². The van der Waals surface area contributed by atoms with Crippen LogP contribution in [0.2, 0.25) is 0 Å². The van der Waals surface area contributed by atoms with E-state index in [0.717, 1.165) is 11.3 Å². The summed E-state index contributed by atoms with van der Waals surface area (Å²) in [5.74, 6) is 0.627. The third-order valence-electron chi connectivity index (χ3n) is 2.51. The minimum atomic E-state index is -0.509. The van der Waals surface area contributed by atoms with Crippen LogP contribution in [0.25, 0.3) is 12.2 Å². The molecule has 0 radical (unpaired) electrons. The molecule has 1 aromatic heterocycles. The van der Waals surface area contributed by atoms with Crippen LogP contribution in [0.1, 0.15) is 11.3 Å². The molecule has 0 saturated carbocycles. The van der Waals surface area contributed by atoms with Gasteiger partial charge in [0.25, 0.3) is 0 Å². The van der Waals surface area contributed by atoms with Crippen molar-refractivity contribution in [3.8, 4) is 5.75 Å². The number of benzene rings is 1. The Hall–Kier alpha value is -2.69. The molecule has 0 fully saturated rings. The Bertz CT molecular complexity index is 606. The van der Waals surface area contributed by atoms with Crippen molar-refractivity contribution in [1.29, 1.82) is 0 Å². The van der Waals surface area contributed by atoms with E-state index in [1.54, 1.807) is 25.3 Å². The molecule has 0 N–H and O–H groups in total. The summed E-state index contributed by atoms with van der Waals surface area (Å²) >= 11 is 0. The molecular formula is C14H12N2O3. The van der Waals surface area contributed by atoms with Crippen molar-refractivity contribution < 1.29 is 9.66 Å². The molecule has 0 bridgehead atoms. The van der Waals surface area contributed by atoms with Crippen molar-refractivity contribution in [3.63, 3.8) is 0 Å². The summed E-state index contributed by atoms with van der Waals surface area (Å²) in [5, 5.41) is 10.6. The summed E-state index contributed by atoms with van der Waals surface area (Å²) in [6.07, 6.45) is 3.57. The summed E-state index contributed by atoms with van der Waals surface area (Å²) in [6.45, 7) is 0. The molecule has 1 heterocycles. The predicted molar refractivity (Wildman–Crippen MR) is 72.8 cm³/mol. The van der Waals surface area contributed by atoms with Crippen molar-refractivity contribution >= 4 is 18.0 Å². The second kappa shape index (κ2) is 5.77. The highest BCUT2D eigenvalue weighted by atomic mass is 16.6. The maximum absolute atomic E-state index is 10.6. The number of hydrogen-bond acceptors (Lipinski definition) is 4. The van der Waals surface area contributed by atoms with Crippen molar-refractivity contribution in [2.24, 2.45) is 0 Å². The second-order valence-electron chi connectivity index (χ2n) is 3.78. The first kappa shape index (κ1) is 12.8. The van der Waals surface area contributed by atoms with Crippen LogP contribution >= 0.6 is 0 Å². The van der Waals surface area contributed by atoms with E-state index in [1.807, 2.05) is 30.3 Å². The Kier molecular flexibility index (Phi) is 3.87. The van der Waals surface area contributed by atoms with Crippen molar-refractivity contribution in [1.82, 2.24) is 4.98 Å². The minimum absolute atomic E-state index is 0.156. The normalized spacial score (nSPS) is 10.6. The fourth-order valence-electron chi connectivity index (χ4n) is 1.53. The molecule has 2 rings (SSSR count). The van der Waals surface area contributed by atoms with E-state index in [1.165, 1.54) is 6.07 Å². The fourth-order valence-corrected chi connectivity index (χ4v) is 1.53. The van der Waals surface area contributed by atoms with E-state index in [9.17, 15) is 10.1 Å². The number of pyridine rings is 1. The number of aromatic nitrogens is 1. The minimum Gasteiger partial charge on any atom is -0.497 e. The SMILES string of the molecule is COc1ccc(C=Cc2cccc([N+](=O)[O-])n2)cc1. The highest BCUT2D eigenvalue weighted by Gasteiger charge is 2.06. The summed E-state index contributed by atoms with van der Waals surface area (Å²) in [7, 11) is 1.61. The van der Waals surface area contributed by atoms with Crippen LogP contribution < -0.4 is 4.74 Å². The van der Waals surface area contributed by atoms with Gasteiger partial charge in [0.1, 0.15) is 5.75 Å². The van der Waals surface area contributed by atoms with Crippen LogP contribution in [0, 0.1) is 10.1 Å². The molecule has 2 aromatic rings. The standard InChI is InChI=1S/C14H12N2O3/c1-19-13-9-6-11(7-10-13)5-8-12-3-2-4-14(15-12)16(17)18/h2-10H,1H3. The highest BCUT2D eigenvalue weighted by molar-refractivity contribution is 5.68. The largest absolute Gasteiger partial charge is 0.497 e. The van der Waals surface area contributed by atoms with Gasteiger partial charge in [-0.1, -0.05) is 18.2 Å². The lowest BCUT2D eigenvalue weighted by Crippen LogP contribution is -1.92. The van der Waals surface area contributed by atoms with E-state index in [4.69, 9.17) is 4.74 Å². The topological polar surface area (TPSA) is 65.3 Å². The van der Waals surface area contributed by atoms with Gasteiger partial charge in [-0.3, -0.25) is 0 Å². The maximum Gasteiger partial charge on any atom is 0.364 e. The quantitative estimate of drug-likeness (QED) is 0.622. The molecule has 5 heteroatoms. The molecular weight excluding hydrogens is 244 g/mol. The zero-order chi connectivity index (χ0) is 13.7. The number of hydrogen-bond donors (Lipinski definition) is 0. The molecule has 0 spiro atoms. The monoisotopic (exact) mass is 256 g/mol. The first-order chi connectivity index (χ1) is 9.19. The Morgan fingerprint density at radius 2 is 1.89 bits per heavy atom. The smallest absolute Gasteiger partial charge is 0.364 e. The van der Waals surface area contributed by atoms with Crippen LogP contribution in [0.5, 0.6) is 5.75 Å². The first-order valence-corrected chi connectivity index (χ1v) is 5.62. The average Bonchev–Trinajstić information content (AvgIpc) is 2.46. The van der Waals surface area contributed by atoms with Gasteiger partial charge >= 0.3 is 5.82 Å². The Labute approximate surface area is 110 Å². The van der Waals surface area contributed by atoms with Gasteiger partial charge < -0.3 is 14.9 Å². The summed E-state index contributed by atoms with van der Waals surface area (Å²) in [6, 6.07) is 12.2. The molecule has 0 unspecified atom stereocenters. The number of methoxy groups -OCH3 is 1.